The van der Waals surface area contributed by atoms with Gasteiger partial charge in [-0.2, -0.15) is 0 Å². The monoisotopic (exact) mass is 396 g/mol. The Labute approximate surface area is 163 Å². The second-order valence-electron chi connectivity index (χ2n) is 6.25. The molecule has 1 N–H and O–H groups in total. The van der Waals surface area contributed by atoms with Crippen LogP contribution in [0.3, 0.4) is 0 Å². The molecule has 0 fully saturated rings. The van der Waals surface area contributed by atoms with Crippen LogP contribution in [0.15, 0.2) is 57.1 Å². The second kappa shape index (κ2) is 7.32. The molecule has 28 heavy (non-hydrogen) atoms. The average molecular weight is 396 g/mol. The lowest BCUT2D eigenvalue weighted by atomic mass is 10.1. The van der Waals surface area contributed by atoms with Crippen molar-refractivity contribution in [3.63, 3.8) is 0 Å². The van der Waals surface area contributed by atoms with Crippen molar-refractivity contribution in [2.24, 2.45) is 0 Å². The number of para-hydroxylation sites is 1. The molecule has 0 radical (unpaired) electrons. The van der Waals surface area contributed by atoms with Crippen LogP contribution in [-0.4, -0.2) is 23.1 Å². The Kier molecular flexibility index (Phi) is 4.70. The zero-order valence-electron chi connectivity index (χ0n) is 14.9. The Balaban J connectivity index is 1.40. The van der Waals surface area contributed by atoms with E-state index in [-0.39, 0.29) is 11.4 Å². The van der Waals surface area contributed by atoms with Crippen molar-refractivity contribution < 1.29 is 18.7 Å². The number of thiazole rings is 1. The molecule has 142 valence electrons. The number of nitrogens with zero attached hydrogens (tertiary/aromatic N) is 1. The number of carbonyl (C=O) groups is 2. The molecule has 0 saturated heterocycles. The predicted octanol–water partition coefficient (Wildman–Crippen LogP) is 3.30. The topological polar surface area (TPSA) is 90.5 Å². The van der Waals surface area contributed by atoms with E-state index in [9.17, 15) is 14.4 Å². The van der Waals surface area contributed by atoms with Crippen LogP contribution in [-0.2, 0) is 20.9 Å². The lowest BCUT2D eigenvalue weighted by molar-refractivity contribution is -0.147. The summed E-state index contributed by atoms with van der Waals surface area (Å²) < 4.78 is 12.0. The first kappa shape index (κ1) is 18.0. The van der Waals surface area contributed by atoms with E-state index in [1.807, 2.05) is 30.3 Å². The average Bonchev–Trinajstić information content (AvgIpc) is 3.21. The van der Waals surface area contributed by atoms with Gasteiger partial charge in [-0.3, -0.25) is 19.0 Å². The quantitative estimate of drug-likeness (QED) is 0.523. The van der Waals surface area contributed by atoms with Gasteiger partial charge in [0.25, 0.3) is 5.91 Å². The third-order valence-corrected chi connectivity index (χ3v) is 5.17. The van der Waals surface area contributed by atoms with Crippen LogP contribution < -0.4 is 10.2 Å². The maximum Gasteiger partial charge on any atom is 0.326 e. The minimum Gasteiger partial charge on any atom is -0.456 e. The molecule has 2 heterocycles. The fourth-order valence-corrected chi connectivity index (χ4v) is 3.65. The van der Waals surface area contributed by atoms with E-state index in [0.29, 0.717) is 11.4 Å². The molecule has 0 aliphatic carbocycles. The molecule has 0 spiro atoms. The first-order valence-electron chi connectivity index (χ1n) is 8.53. The van der Waals surface area contributed by atoms with E-state index in [2.05, 4.69) is 5.32 Å². The van der Waals surface area contributed by atoms with Gasteiger partial charge in [0.2, 0.25) is 0 Å². The molecule has 2 aromatic carbocycles. The minimum absolute atomic E-state index is 0.214. The Bertz CT molecular complexity index is 1250. The van der Waals surface area contributed by atoms with Crippen LogP contribution in [0.4, 0.5) is 5.69 Å². The molecule has 0 aliphatic rings. The van der Waals surface area contributed by atoms with Gasteiger partial charge in [0.15, 0.2) is 6.61 Å². The summed E-state index contributed by atoms with van der Waals surface area (Å²) in [4.78, 5) is 35.4. The maximum absolute atomic E-state index is 12.1. The van der Waals surface area contributed by atoms with Gasteiger partial charge < -0.3 is 14.5 Å². The van der Waals surface area contributed by atoms with Crippen LogP contribution in [0.1, 0.15) is 5.69 Å². The second-order valence-corrected chi connectivity index (χ2v) is 7.07. The summed E-state index contributed by atoms with van der Waals surface area (Å²) in [7, 11) is 0. The lowest BCUT2D eigenvalue weighted by Crippen LogP contribution is -2.26. The molecular weight excluding hydrogens is 380 g/mol. The van der Waals surface area contributed by atoms with Gasteiger partial charge in [0.05, 0.1) is 0 Å². The first-order chi connectivity index (χ1) is 13.5. The molecular formula is C20H16N2O5S. The van der Waals surface area contributed by atoms with Crippen LogP contribution in [0.5, 0.6) is 0 Å². The molecule has 4 aromatic rings. The highest BCUT2D eigenvalue weighted by atomic mass is 32.1. The molecule has 0 bridgehead atoms. The summed E-state index contributed by atoms with van der Waals surface area (Å²) in [6, 6.07) is 13.0. The number of hydrogen-bond acceptors (Lipinski definition) is 6. The number of esters is 1. The molecule has 4 rings (SSSR count). The zero-order chi connectivity index (χ0) is 19.7. The van der Waals surface area contributed by atoms with E-state index in [0.717, 1.165) is 33.3 Å². The van der Waals surface area contributed by atoms with E-state index in [4.69, 9.17) is 9.15 Å². The molecule has 0 atom stereocenters. The number of aromatic nitrogens is 1. The Morgan fingerprint density at radius 2 is 1.93 bits per heavy atom. The van der Waals surface area contributed by atoms with Crippen molar-refractivity contribution >= 4 is 50.8 Å². The van der Waals surface area contributed by atoms with Gasteiger partial charge in [-0.05, 0) is 31.2 Å². The third-order valence-electron chi connectivity index (χ3n) is 4.29. The van der Waals surface area contributed by atoms with E-state index in [1.165, 1.54) is 4.57 Å². The largest absolute Gasteiger partial charge is 0.456 e. The molecule has 0 saturated carbocycles. The number of ether oxygens (including phenoxy) is 1. The lowest BCUT2D eigenvalue weighted by Gasteiger charge is -2.07. The number of hydrogen-bond donors (Lipinski definition) is 1. The fourth-order valence-electron chi connectivity index (χ4n) is 2.92. The van der Waals surface area contributed by atoms with Crippen LogP contribution in [0.2, 0.25) is 0 Å². The summed E-state index contributed by atoms with van der Waals surface area (Å²) in [5.41, 5.74) is 2.75. The summed E-state index contributed by atoms with van der Waals surface area (Å²) in [6.45, 7) is 1.09. The summed E-state index contributed by atoms with van der Waals surface area (Å²) in [6.07, 6.45) is 0. The molecule has 1 amide bonds. The molecule has 8 heteroatoms. The van der Waals surface area contributed by atoms with Gasteiger partial charge in [-0.25, -0.2) is 0 Å². The van der Waals surface area contributed by atoms with Crippen LogP contribution in [0.25, 0.3) is 21.9 Å². The zero-order valence-corrected chi connectivity index (χ0v) is 15.7. The van der Waals surface area contributed by atoms with Gasteiger partial charge in [0.1, 0.15) is 17.7 Å². The predicted molar refractivity (Wildman–Crippen MR) is 107 cm³/mol. The SMILES string of the molecule is Cc1csc(=O)n1CC(=O)OCC(=O)Nc1ccc2oc3ccccc3c2c1. The highest BCUT2D eigenvalue weighted by Gasteiger charge is 2.13. The number of fused-ring (bicyclic) bond motifs is 3. The standard InChI is InChI=1S/C20H16N2O5S/c1-12-11-28-20(25)22(12)9-19(24)26-10-18(23)21-13-6-7-17-15(8-13)14-4-2-3-5-16(14)27-17/h2-8,11H,9-10H2,1H3,(H,21,23). The van der Waals surface area contributed by atoms with Crippen molar-refractivity contribution in [2.75, 3.05) is 11.9 Å². The number of nitrogens with one attached hydrogen (secondary N) is 1. The van der Waals surface area contributed by atoms with Crippen molar-refractivity contribution in [1.82, 2.24) is 4.57 Å². The highest BCUT2D eigenvalue weighted by Crippen LogP contribution is 2.30. The van der Waals surface area contributed by atoms with Crippen molar-refractivity contribution in [3.05, 3.63) is 63.2 Å². The van der Waals surface area contributed by atoms with Crippen LogP contribution in [0, 0.1) is 6.92 Å². The number of amides is 1. The van der Waals surface area contributed by atoms with E-state index < -0.39 is 18.5 Å². The van der Waals surface area contributed by atoms with E-state index >= 15 is 0 Å². The summed E-state index contributed by atoms with van der Waals surface area (Å²) >= 11 is 1.01. The fraction of sp³-hybridized carbons (Fsp3) is 0.150. The number of aryl methyl sites for hydroxylation is 1. The van der Waals surface area contributed by atoms with Gasteiger partial charge in [0, 0.05) is 27.5 Å². The molecule has 2 aromatic heterocycles. The van der Waals surface area contributed by atoms with Gasteiger partial charge in [-0.15, -0.1) is 0 Å². The van der Waals surface area contributed by atoms with Crippen LogP contribution >= 0.6 is 11.3 Å². The first-order valence-corrected chi connectivity index (χ1v) is 9.41. The molecule has 0 aliphatic heterocycles. The molecule has 0 unspecified atom stereocenters. The Morgan fingerprint density at radius 3 is 2.71 bits per heavy atom. The number of anilines is 1. The van der Waals surface area contributed by atoms with Gasteiger partial charge >= 0.3 is 10.8 Å². The van der Waals surface area contributed by atoms with Crippen molar-refractivity contribution in [2.45, 2.75) is 13.5 Å². The van der Waals surface area contributed by atoms with E-state index in [1.54, 1.807) is 24.4 Å². The number of furan rings is 1. The number of benzene rings is 2. The Morgan fingerprint density at radius 1 is 1.14 bits per heavy atom. The summed E-state index contributed by atoms with van der Waals surface area (Å²) in [5.74, 6) is -1.11. The number of carbonyl (C=O) groups excluding carboxylic acids is 2. The number of rotatable bonds is 5. The molecule has 7 nitrogen and oxygen atoms in total. The third kappa shape index (κ3) is 3.54. The Hall–Kier alpha value is -3.39. The highest BCUT2D eigenvalue weighted by molar-refractivity contribution is 7.07. The minimum atomic E-state index is -0.643. The summed E-state index contributed by atoms with van der Waals surface area (Å²) in [5, 5.41) is 6.21. The maximum atomic E-state index is 12.1. The van der Waals surface area contributed by atoms with Crippen molar-refractivity contribution in [1.29, 1.82) is 0 Å². The normalized spacial score (nSPS) is 11.0. The van der Waals surface area contributed by atoms with Gasteiger partial charge in [-0.1, -0.05) is 29.5 Å². The van der Waals surface area contributed by atoms with Crippen molar-refractivity contribution in [3.8, 4) is 0 Å². The smallest absolute Gasteiger partial charge is 0.326 e.